The Morgan fingerprint density at radius 1 is 0.758 bits per heavy atom. The molecule has 0 aliphatic heterocycles. The van der Waals surface area contributed by atoms with Crippen molar-refractivity contribution in [1.29, 1.82) is 0 Å². The molecule has 0 radical (unpaired) electrons. The maximum Gasteiger partial charge on any atom is 0.344 e. The molecule has 1 aromatic rings. The van der Waals surface area contributed by atoms with Crippen LogP contribution in [0.1, 0.15) is 48.9 Å². The Balaban J connectivity index is 2.35. The summed E-state index contributed by atoms with van der Waals surface area (Å²) in [5, 5.41) is 18.2. The second-order valence-corrected chi connectivity index (χ2v) is 6.40. The predicted octanol–water partition coefficient (Wildman–Crippen LogP) is 2.05. The molecule has 0 atom stereocenters. The van der Waals surface area contributed by atoms with Gasteiger partial charge in [-0.05, 0) is 37.8 Å². The third kappa shape index (κ3) is 13.1. The van der Waals surface area contributed by atoms with Crippen LogP contribution in [0.4, 0.5) is 0 Å². The molecule has 14 nitrogen and oxygen atoms in total. The quantitative estimate of drug-likeness (QED) is 0.106. The molecule has 0 fully saturated rings. The Morgan fingerprint density at radius 2 is 1.36 bits per heavy atom. The first kappa shape index (κ1) is 27.1. The van der Waals surface area contributed by atoms with Gasteiger partial charge in [-0.15, -0.1) is 20.2 Å². The molecule has 0 aliphatic carbocycles. The van der Waals surface area contributed by atoms with Gasteiger partial charge in [0.25, 0.3) is 10.2 Å². The number of esters is 3. The Labute approximate surface area is 187 Å². The molecule has 14 heteroatoms. The minimum Gasteiger partial charge on any atom is -0.463 e. The van der Waals surface area contributed by atoms with E-state index >= 15 is 0 Å². The summed E-state index contributed by atoms with van der Waals surface area (Å²) >= 11 is 0. The fourth-order valence-electron chi connectivity index (χ4n) is 2.36. The summed E-state index contributed by atoms with van der Waals surface area (Å²) < 4.78 is 14.9. The number of nitrogens with zero attached hydrogens (tertiary/aromatic N) is 2. The minimum absolute atomic E-state index is 0.0240. The van der Waals surface area contributed by atoms with E-state index in [1.54, 1.807) is 6.07 Å². The van der Waals surface area contributed by atoms with Crippen LogP contribution >= 0.6 is 0 Å². The highest BCUT2D eigenvalue weighted by molar-refractivity contribution is 5.94. The molecule has 33 heavy (non-hydrogen) atoms. The van der Waals surface area contributed by atoms with Gasteiger partial charge in [-0.2, -0.15) is 0 Å². The molecule has 0 saturated carbocycles. The average Bonchev–Trinajstić information content (AvgIpc) is 2.76. The molecule has 0 heterocycles. The van der Waals surface area contributed by atoms with Crippen LogP contribution in [-0.2, 0) is 28.7 Å². The molecule has 1 rings (SSSR count). The van der Waals surface area contributed by atoms with Gasteiger partial charge in [0, 0.05) is 6.42 Å². The lowest BCUT2D eigenvalue weighted by molar-refractivity contribution is -0.757. The van der Waals surface area contributed by atoms with Gasteiger partial charge < -0.3 is 23.9 Å². The molecule has 182 valence electrons. The Kier molecular flexibility index (Phi) is 12.9. The molecule has 0 N–H and O–H groups in total. The standard InChI is InChI=1S/C19H24N2O12/c22-17(10-2-1-5-12-31-20(25)26)33-16-9-4-3-8-15(16)19(24)30-14-18(23)29-11-6-7-13-32-21(27)28/h3-4,8-9H,1-2,5-7,10-14H2. The van der Waals surface area contributed by atoms with Gasteiger partial charge in [-0.25, -0.2) is 9.59 Å². The maximum atomic E-state index is 12.2. The van der Waals surface area contributed by atoms with Crippen LogP contribution < -0.4 is 4.74 Å². The van der Waals surface area contributed by atoms with Crippen LogP contribution in [0.15, 0.2) is 24.3 Å². The zero-order valence-corrected chi connectivity index (χ0v) is 17.7. The SMILES string of the molecule is O=C(COC(=O)c1ccccc1OC(=O)CCCCCO[N+](=O)[O-])OCCCCO[N+](=O)[O-]. The van der Waals surface area contributed by atoms with Crippen molar-refractivity contribution in [3.63, 3.8) is 0 Å². The van der Waals surface area contributed by atoms with E-state index in [1.807, 2.05) is 0 Å². The fourth-order valence-corrected chi connectivity index (χ4v) is 2.36. The van der Waals surface area contributed by atoms with Gasteiger partial charge in [0.2, 0.25) is 0 Å². The van der Waals surface area contributed by atoms with E-state index in [9.17, 15) is 34.6 Å². The Bertz CT molecular complexity index is 814. The van der Waals surface area contributed by atoms with Crippen LogP contribution in [0.3, 0.4) is 0 Å². The zero-order valence-electron chi connectivity index (χ0n) is 17.7. The smallest absolute Gasteiger partial charge is 0.344 e. The van der Waals surface area contributed by atoms with Crippen molar-refractivity contribution in [3.8, 4) is 5.75 Å². The largest absolute Gasteiger partial charge is 0.463 e. The van der Waals surface area contributed by atoms with Gasteiger partial charge in [0.05, 0.1) is 19.8 Å². The van der Waals surface area contributed by atoms with E-state index in [0.717, 1.165) is 0 Å². The molecule has 0 amide bonds. The minimum atomic E-state index is -0.918. The topological polar surface area (TPSA) is 184 Å². The Morgan fingerprint density at radius 3 is 2.03 bits per heavy atom. The predicted molar refractivity (Wildman–Crippen MR) is 107 cm³/mol. The summed E-state index contributed by atoms with van der Waals surface area (Å²) in [6.07, 6.45) is 1.99. The summed E-state index contributed by atoms with van der Waals surface area (Å²) in [6.45, 7) is -0.872. The van der Waals surface area contributed by atoms with Crippen molar-refractivity contribution in [1.82, 2.24) is 0 Å². The van der Waals surface area contributed by atoms with Crippen molar-refractivity contribution < 1.29 is 48.4 Å². The molecule has 0 aromatic heterocycles. The molecule has 0 spiro atoms. The fraction of sp³-hybridized carbons (Fsp3) is 0.526. The summed E-state index contributed by atoms with van der Waals surface area (Å²) in [6, 6.07) is 5.82. The summed E-state index contributed by atoms with van der Waals surface area (Å²) in [7, 11) is 0. The lowest BCUT2D eigenvalue weighted by Crippen LogP contribution is -2.18. The third-order valence-corrected chi connectivity index (χ3v) is 3.87. The van der Waals surface area contributed by atoms with Crippen LogP contribution in [0.25, 0.3) is 0 Å². The number of para-hydroxylation sites is 1. The van der Waals surface area contributed by atoms with Crippen molar-refractivity contribution in [2.75, 3.05) is 26.4 Å². The van der Waals surface area contributed by atoms with Gasteiger partial charge >= 0.3 is 17.9 Å². The van der Waals surface area contributed by atoms with Crippen molar-refractivity contribution in [2.24, 2.45) is 0 Å². The summed E-state index contributed by atoms with van der Waals surface area (Å²) in [5.74, 6) is -2.35. The van der Waals surface area contributed by atoms with Gasteiger partial charge in [-0.3, -0.25) is 4.79 Å². The third-order valence-electron chi connectivity index (χ3n) is 3.87. The van der Waals surface area contributed by atoms with E-state index in [1.165, 1.54) is 18.2 Å². The number of carbonyl (C=O) groups is 3. The lowest BCUT2D eigenvalue weighted by Gasteiger charge is -2.10. The van der Waals surface area contributed by atoms with Crippen molar-refractivity contribution >= 4 is 17.9 Å². The van der Waals surface area contributed by atoms with E-state index < -0.39 is 34.7 Å². The Hall–Kier alpha value is -3.97. The van der Waals surface area contributed by atoms with E-state index in [-0.39, 0.29) is 37.6 Å². The van der Waals surface area contributed by atoms with Crippen LogP contribution in [0.5, 0.6) is 5.75 Å². The molecule has 0 saturated heterocycles. The summed E-state index contributed by atoms with van der Waals surface area (Å²) in [4.78, 5) is 64.2. The van der Waals surface area contributed by atoms with Gasteiger partial charge in [-0.1, -0.05) is 18.6 Å². The second-order valence-electron chi connectivity index (χ2n) is 6.40. The highest BCUT2D eigenvalue weighted by Gasteiger charge is 2.18. The monoisotopic (exact) mass is 472 g/mol. The number of hydrogen-bond donors (Lipinski definition) is 0. The number of benzene rings is 1. The van der Waals surface area contributed by atoms with Crippen LogP contribution in [0.2, 0.25) is 0 Å². The van der Waals surface area contributed by atoms with E-state index in [2.05, 4.69) is 9.68 Å². The highest BCUT2D eigenvalue weighted by atomic mass is 17.0. The first-order valence-electron chi connectivity index (χ1n) is 9.96. The van der Waals surface area contributed by atoms with E-state index in [4.69, 9.17) is 14.2 Å². The number of carbonyl (C=O) groups excluding carboxylic acids is 3. The average molecular weight is 472 g/mol. The number of unbranched alkanes of at least 4 members (excludes halogenated alkanes) is 3. The number of rotatable bonds is 17. The molecular formula is C19H24N2O12. The molecule has 1 aromatic carbocycles. The molecule has 0 bridgehead atoms. The van der Waals surface area contributed by atoms with Crippen LogP contribution in [-0.4, -0.2) is 54.5 Å². The van der Waals surface area contributed by atoms with Crippen molar-refractivity contribution in [3.05, 3.63) is 50.1 Å². The number of hydrogen-bond acceptors (Lipinski definition) is 12. The normalized spacial score (nSPS) is 10.1. The number of ether oxygens (including phenoxy) is 3. The molecular weight excluding hydrogens is 448 g/mol. The van der Waals surface area contributed by atoms with Crippen LogP contribution in [0, 0.1) is 20.2 Å². The second kappa shape index (κ2) is 15.8. The molecule has 0 unspecified atom stereocenters. The summed E-state index contributed by atoms with van der Waals surface area (Å²) in [5.41, 5.74) is -0.0602. The highest BCUT2D eigenvalue weighted by Crippen LogP contribution is 2.20. The van der Waals surface area contributed by atoms with E-state index in [0.29, 0.717) is 32.1 Å². The van der Waals surface area contributed by atoms with Gasteiger partial charge in [0.15, 0.2) is 6.61 Å². The van der Waals surface area contributed by atoms with Gasteiger partial charge in [0.1, 0.15) is 11.3 Å². The maximum absolute atomic E-state index is 12.2. The first-order chi connectivity index (χ1) is 15.8. The van der Waals surface area contributed by atoms with Crippen molar-refractivity contribution in [2.45, 2.75) is 38.5 Å². The lowest BCUT2D eigenvalue weighted by atomic mass is 10.2. The first-order valence-corrected chi connectivity index (χ1v) is 9.96. The molecule has 0 aliphatic rings. The zero-order chi connectivity index (χ0) is 24.5.